The van der Waals surface area contributed by atoms with Crippen molar-refractivity contribution in [3.8, 4) is 11.5 Å². The monoisotopic (exact) mass is 353 g/mol. The molecule has 26 heavy (non-hydrogen) atoms. The van der Waals surface area contributed by atoms with Gasteiger partial charge in [0.2, 0.25) is 0 Å². The van der Waals surface area contributed by atoms with Crippen LogP contribution in [0.2, 0.25) is 0 Å². The second-order valence-corrected chi connectivity index (χ2v) is 6.95. The van der Waals surface area contributed by atoms with Crippen molar-refractivity contribution in [2.45, 2.75) is 25.4 Å². The van der Waals surface area contributed by atoms with Crippen LogP contribution in [0.4, 0.5) is 0 Å². The number of amides is 1. The van der Waals surface area contributed by atoms with E-state index in [1.165, 1.54) is 10.5 Å². The lowest BCUT2D eigenvalue weighted by Crippen LogP contribution is -3.11. The van der Waals surface area contributed by atoms with Gasteiger partial charge in [0, 0.05) is 24.9 Å². The molecule has 2 aliphatic heterocycles. The summed E-state index contributed by atoms with van der Waals surface area (Å²) in [5.74, 6) is 1.75. The van der Waals surface area contributed by atoms with Gasteiger partial charge in [-0.1, -0.05) is 30.3 Å². The van der Waals surface area contributed by atoms with Gasteiger partial charge >= 0.3 is 0 Å². The number of likely N-dealkylation sites (tertiary alicyclic amines) is 1. The van der Waals surface area contributed by atoms with Crippen molar-refractivity contribution in [2.75, 3.05) is 26.3 Å². The van der Waals surface area contributed by atoms with E-state index in [0.29, 0.717) is 32.3 Å². The molecular weight excluding hydrogens is 328 g/mol. The molecule has 0 aliphatic carbocycles. The number of benzene rings is 2. The van der Waals surface area contributed by atoms with E-state index in [0.717, 1.165) is 36.4 Å². The van der Waals surface area contributed by atoms with Gasteiger partial charge in [0.15, 0.2) is 18.0 Å². The van der Waals surface area contributed by atoms with E-state index >= 15 is 0 Å². The number of rotatable bonds is 5. The molecule has 5 heteroatoms. The first-order chi connectivity index (χ1) is 12.8. The fourth-order valence-electron chi connectivity index (χ4n) is 3.87. The zero-order valence-electron chi connectivity index (χ0n) is 14.9. The van der Waals surface area contributed by atoms with Crippen LogP contribution in [0.25, 0.3) is 0 Å². The molecular formula is C21H25N2O3+. The van der Waals surface area contributed by atoms with Crippen LogP contribution >= 0.6 is 0 Å². The number of carbonyl (C=O) groups is 1. The zero-order chi connectivity index (χ0) is 17.8. The molecule has 2 atom stereocenters. The molecule has 0 radical (unpaired) electrons. The molecule has 2 aromatic rings. The summed E-state index contributed by atoms with van der Waals surface area (Å²) in [5, 5.41) is 3.04. The number of ether oxygens (including phenoxy) is 2. The molecule has 1 amide bonds. The minimum atomic E-state index is 0.105. The lowest BCUT2D eigenvalue weighted by molar-refractivity contribution is -0.910. The van der Waals surface area contributed by atoms with E-state index in [2.05, 4.69) is 17.4 Å². The maximum Gasteiger partial charge on any atom is 0.275 e. The van der Waals surface area contributed by atoms with Crippen LogP contribution in [0.5, 0.6) is 11.5 Å². The van der Waals surface area contributed by atoms with Crippen LogP contribution in [-0.2, 0) is 11.3 Å². The molecule has 136 valence electrons. The Morgan fingerprint density at radius 3 is 2.73 bits per heavy atom. The summed E-state index contributed by atoms with van der Waals surface area (Å²) >= 11 is 0. The topological polar surface area (TPSA) is 52.0 Å². The number of fused-ring (bicyclic) bond motifs is 1. The third-order valence-electron chi connectivity index (χ3n) is 5.17. The van der Waals surface area contributed by atoms with Gasteiger partial charge in [0.25, 0.3) is 5.91 Å². The SMILES string of the molecule is O=C(C[NH+]1CCC[C@@H]1c1ccc2c(c1)OCCO2)NCc1ccccc1. The fraction of sp³-hybridized carbons (Fsp3) is 0.381. The fourth-order valence-corrected chi connectivity index (χ4v) is 3.87. The number of hydrogen-bond acceptors (Lipinski definition) is 3. The molecule has 0 saturated carbocycles. The third-order valence-corrected chi connectivity index (χ3v) is 5.17. The predicted molar refractivity (Wildman–Crippen MR) is 98.4 cm³/mol. The number of carbonyl (C=O) groups excluding carboxylic acids is 1. The smallest absolute Gasteiger partial charge is 0.275 e. The Kier molecular flexibility index (Phi) is 5.07. The molecule has 2 aliphatic rings. The quantitative estimate of drug-likeness (QED) is 0.856. The van der Waals surface area contributed by atoms with E-state index < -0.39 is 0 Å². The largest absolute Gasteiger partial charge is 0.486 e. The summed E-state index contributed by atoms with van der Waals surface area (Å²) in [4.78, 5) is 13.7. The number of nitrogens with one attached hydrogen (secondary N) is 2. The van der Waals surface area contributed by atoms with Gasteiger partial charge in [-0.2, -0.15) is 0 Å². The van der Waals surface area contributed by atoms with E-state index in [1.54, 1.807) is 0 Å². The minimum absolute atomic E-state index is 0.105. The third kappa shape index (κ3) is 3.83. The first-order valence-corrected chi connectivity index (χ1v) is 9.34. The Morgan fingerprint density at radius 2 is 1.88 bits per heavy atom. The molecule has 2 heterocycles. The second kappa shape index (κ2) is 7.79. The lowest BCUT2D eigenvalue weighted by Gasteiger charge is -2.24. The molecule has 2 N–H and O–H groups in total. The van der Waals surface area contributed by atoms with Crippen molar-refractivity contribution >= 4 is 5.91 Å². The van der Waals surface area contributed by atoms with Crippen molar-refractivity contribution in [2.24, 2.45) is 0 Å². The van der Waals surface area contributed by atoms with Gasteiger partial charge in [0.05, 0.1) is 6.54 Å². The van der Waals surface area contributed by atoms with Crippen LogP contribution in [0.15, 0.2) is 48.5 Å². The van der Waals surface area contributed by atoms with Gasteiger partial charge in [-0.25, -0.2) is 0 Å². The minimum Gasteiger partial charge on any atom is -0.486 e. The standard InChI is InChI=1S/C21H24N2O3/c24-21(22-14-16-5-2-1-3-6-16)15-23-10-4-7-18(23)17-8-9-19-20(13-17)26-12-11-25-19/h1-3,5-6,8-9,13,18H,4,7,10-12,14-15H2,(H,22,24)/p+1/t18-/m1/s1. The Hall–Kier alpha value is -2.53. The van der Waals surface area contributed by atoms with Gasteiger partial charge in [-0.3, -0.25) is 4.79 Å². The van der Waals surface area contributed by atoms with E-state index in [1.807, 2.05) is 36.4 Å². The van der Waals surface area contributed by atoms with E-state index in [9.17, 15) is 4.79 Å². The van der Waals surface area contributed by atoms with Gasteiger partial charge in [0.1, 0.15) is 19.3 Å². The summed E-state index contributed by atoms with van der Waals surface area (Å²) in [6.45, 7) is 3.32. The molecule has 5 nitrogen and oxygen atoms in total. The molecule has 0 spiro atoms. The highest BCUT2D eigenvalue weighted by Gasteiger charge is 2.32. The average molecular weight is 353 g/mol. The van der Waals surface area contributed by atoms with Crippen molar-refractivity contribution in [3.63, 3.8) is 0 Å². The highest BCUT2D eigenvalue weighted by molar-refractivity contribution is 5.76. The van der Waals surface area contributed by atoms with Crippen LogP contribution in [0.1, 0.15) is 30.0 Å². The van der Waals surface area contributed by atoms with Crippen LogP contribution in [0.3, 0.4) is 0 Å². The molecule has 2 aromatic carbocycles. The summed E-state index contributed by atoms with van der Waals surface area (Å²) < 4.78 is 11.3. The number of quaternary nitrogens is 1. The molecule has 4 rings (SSSR count). The van der Waals surface area contributed by atoms with Crippen LogP contribution in [0, 0.1) is 0 Å². The molecule has 1 saturated heterocycles. The zero-order valence-corrected chi connectivity index (χ0v) is 14.9. The average Bonchev–Trinajstić information content (AvgIpc) is 3.15. The van der Waals surface area contributed by atoms with Gasteiger partial charge in [-0.05, 0) is 23.8 Å². The van der Waals surface area contributed by atoms with Crippen molar-refractivity contribution in [1.82, 2.24) is 5.32 Å². The highest BCUT2D eigenvalue weighted by atomic mass is 16.6. The van der Waals surface area contributed by atoms with Gasteiger partial charge < -0.3 is 19.7 Å². The van der Waals surface area contributed by atoms with Crippen molar-refractivity contribution in [3.05, 3.63) is 59.7 Å². The van der Waals surface area contributed by atoms with Crippen LogP contribution in [-0.4, -0.2) is 32.2 Å². The Morgan fingerprint density at radius 1 is 1.08 bits per heavy atom. The normalized spacial score (nSPS) is 21.4. The highest BCUT2D eigenvalue weighted by Crippen LogP contribution is 2.33. The summed E-state index contributed by atoms with van der Waals surface area (Å²) in [6, 6.07) is 16.6. The van der Waals surface area contributed by atoms with E-state index in [4.69, 9.17) is 9.47 Å². The van der Waals surface area contributed by atoms with Gasteiger partial charge in [-0.15, -0.1) is 0 Å². The lowest BCUT2D eigenvalue weighted by atomic mass is 10.0. The maximum absolute atomic E-state index is 12.4. The molecule has 1 fully saturated rings. The summed E-state index contributed by atoms with van der Waals surface area (Å²) in [6.07, 6.45) is 2.24. The Labute approximate surface area is 153 Å². The summed E-state index contributed by atoms with van der Waals surface area (Å²) in [5.41, 5.74) is 2.36. The number of hydrogen-bond donors (Lipinski definition) is 2. The van der Waals surface area contributed by atoms with Crippen molar-refractivity contribution in [1.29, 1.82) is 0 Å². The molecule has 0 bridgehead atoms. The molecule has 0 aromatic heterocycles. The first-order valence-electron chi connectivity index (χ1n) is 9.34. The molecule has 1 unspecified atom stereocenters. The maximum atomic E-state index is 12.4. The van der Waals surface area contributed by atoms with Crippen molar-refractivity contribution < 1.29 is 19.2 Å². The second-order valence-electron chi connectivity index (χ2n) is 6.95. The Balaban J connectivity index is 1.38. The summed E-state index contributed by atoms with van der Waals surface area (Å²) in [7, 11) is 0. The first kappa shape index (κ1) is 16.9. The van der Waals surface area contributed by atoms with E-state index in [-0.39, 0.29) is 5.91 Å². The Bertz CT molecular complexity index is 763. The van der Waals surface area contributed by atoms with Crippen LogP contribution < -0.4 is 19.7 Å². The predicted octanol–water partition coefficient (Wildman–Crippen LogP) is 1.49.